The van der Waals surface area contributed by atoms with E-state index in [4.69, 9.17) is 9.26 Å². The van der Waals surface area contributed by atoms with Gasteiger partial charge in [0.1, 0.15) is 11.3 Å². The molecule has 0 aliphatic carbocycles. The molecular formula is C20H17N3O3. The van der Waals surface area contributed by atoms with Gasteiger partial charge in [0, 0.05) is 24.2 Å². The second-order valence-electron chi connectivity index (χ2n) is 5.88. The van der Waals surface area contributed by atoms with Crippen molar-refractivity contribution in [3.8, 4) is 28.6 Å². The van der Waals surface area contributed by atoms with Crippen LogP contribution in [0.15, 0.2) is 64.0 Å². The highest BCUT2D eigenvalue weighted by atomic mass is 16.5. The molecule has 2 aromatic carbocycles. The van der Waals surface area contributed by atoms with Gasteiger partial charge in [0.05, 0.1) is 12.1 Å². The number of nitrogens with zero attached hydrogens (tertiary/aromatic N) is 3. The lowest BCUT2D eigenvalue weighted by Gasteiger charge is -2.06. The lowest BCUT2D eigenvalue weighted by Crippen LogP contribution is -2.10. The van der Waals surface area contributed by atoms with Gasteiger partial charge in [-0.2, -0.15) is 4.98 Å². The number of rotatable bonds is 4. The first-order chi connectivity index (χ1) is 12.7. The van der Waals surface area contributed by atoms with Gasteiger partial charge in [0.15, 0.2) is 0 Å². The van der Waals surface area contributed by atoms with Gasteiger partial charge in [0.2, 0.25) is 11.3 Å². The third kappa shape index (κ3) is 2.75. The van der Waals surface area contributed by atoms with Gasteiger partial charge >= 0.3 is 0 Å². The molecular weight excluding hydrogens is 330 g/mol. The third-order valence-corrected chi connectivity index (χ3v) is 4.18. The van der Waals surface area contributed by atoms with E-state index >= 15 is 0 Å². The van der Waals surface area contributed by atoms with E-state index in [1.165, 1.54) is 0 Å². The zero-order valence-corrected chi connectivity index (χ0v) is 14.5. The minimum absolute atomic E-state index is 0.124. The summed E-state index contributed by atoms with van der Waals surface area (Å²) < 4.78 is 12.7. The van der Waals surface area contributed by atoms with E-state index < -0.39 is 0 Å². The molecule has 26 heavy (non-hydrogen) atoms. The summed E-state index contributed by atoms with van der Waals surface area (Å²) in [5, 5.41) is 4.63. The smallest absolute Gasteiger partial charge is 0.263 e. The molecule has 0 saturated heterocycles. The number of benzene rings is 2. The number of hydrogen-bond acceptors (Lipinski definition) is 5. The molecule has 130 valence electrons. The highest BCUT2D eigenvalue weighted by molar-refractivity contribution is 5.82. The number of aryl methyl sites for hydroxylation is 1. The van der Waals surface area contributed by atoms with E-state index in [-0.39, 0.29) is 11.3 Å². The van der Waals surface area contributed by atoms with Crippen LogP contribution >= 0.6 is 0 Å². The molecule has 6 nitrogen and oxygen atoms in total. The maximum atomic E-state index is 12.8. The van der Waals surface area contributed by atoms with Crippen molar-refractivity contribution < 1.29 is 9.26 Å². The van der Waals surface area contributed by atoms with Crippen LogP contribution in [-0.2, 0) is 7.05 Å². The molecule has 2 aromatic heterocycles. The summed E-state index contributed by atoms with van der Waals surface area (Å²) in [6, 6.07) is 14.9. The lowest BCUT2D eigenvalue weighted by atomic mass is 10.1. The minimum Gasteiger partial charge on any atom is -0.494 e. The highest BCUT2D eigenvalue weighted by Gasteiger charge is 2.16. The van der Waals surface area contributed by atoms with Crippen LogP contribution in [0.4, 0.5) is 0 Å². The van der Waals surface area contributed by atoms with Crippen LogP contribution in [0, 0.1) is 0 Å². The summed E-state index contributed by atoms with van der Waals surface area (Å²) in [4.78, 5) is 17.2. The molecule has 0 radical (unpaired) electrons. The molecule has 0 fully saturated rings. The minimum atomic E-state index is -0.124. The van der Waals surface area contributed by atoms with Crippen LogP contribution in [0.25, 0.3) is 33.7 Å². The summed E-state index contributed by atoms with van der Waals surface area (Å²) >= 11 is 0. The fourth-order valence-corrected chi connectivity index (χ4v) is 2.91. The van der Waals surface area contributed by atoms with E-state index in [0.717, 1.165) is 16.8 Å². The fourth-order valence-electron chi connectivity index (χ4n) is 2.91. The van der Waals surface area contributed by atoms with E-state index in [1.807, 2.05) is 61.0 Å². The molecule has 2 heterocycles. The summed E-state index contributed by atoms with van der Waals surface area (Å²) in [6.45, 7) is 2.54. The molecule has 0 saturated carbocycles. The van der Waals surface area contributed by atoms with Gasteiger partial charge in [0.25, 0.3) is 5.89 Å². The van der Waals surface area contributed by atoms with Gasteiger partial charge in [-0.3, -0.25) is 4.79 Å². The van der Waals surface area contributed by atoms with E-state index in [2.05, 4.69) is 10.1 Å². The third-order valence-electron chi connectivity index (χ3n) is 4.18. The molecule has 0 unspecified atom stereocenters. The maximum Gasteiger partial charge on any atom is 0.263 e. The Labute approximate surface area is 149 Å². The van der Waals surface area contributed by atoms with Crippen molar-refractivity contribution in [3.05, 3.63) is 65.0 Å². The van der Waals surface area contributed by atoms with Gasteiger partial charge in [-0.25, -0.2) is 0 Å². The van der Waals surface area contributed by atoms with Crippen LogP contribution in [0.2, 0.25) is 0 Å². The number of hydrogen-bond donors (Lipinski definition) is 0. The summed E-state index contributed by atoms with van der Waals surface area (Å²) in [6.07, 6.45) is 1.72. The van der Waals surface area contributed by atoms with Crippen molar-refractivity contribution in [3.63, 3.8) is 0 Å². The van der Waals surface area contributed by atoms with E-state index in [9.17, 15) is 4.79 Å². The Morgan fingerprint density at radius 1 is 1.12 bits per heavy atom. The first kappa shape index (κ1) is 16.1. The van der Waals surface area contributed by atoms with Crippen molar-refractivity contribution in [2.45, 2.75) is 6.92 Å². The van der Waals surface area contributed by atoms with E-state index in [1.54, 1.807) is 12.3 Å². The lowest BCUT2D eigenvalue weighted by molar-refractivity contribution is 0.340. The van der Waals surface area contributed by atoms with Crippen molar-refractivity contribution in [2.24, 2.45) is 7.05 Å². The highest BCUT2D eigenvalue weighted by Crippen LogP contribution is 2.23. The van der Waals surface area contributed by atoms with Crippen LogP contribution in [0.5, 0.6) is 5.75 Å². The first-order valence-electron chi connectivity index (χ1n) is 8.33. The quantitative estimate of drug-likeness (QED) is 0.563. The number of para-hydroxylation sites is 1. The molecule has 0 aliphatic rings. The summed E-state index contributed by atoms with van der Waals surface area (Å²) in [5.74, 6) is 1.42. The second kappa shape index (κ2) is 6.48. The zero-order chi connectivity index (χ0) is 18.1. The molecule has 0 amide bonds. The molecule has 0 bridgehead atoms. The van der Waals surface area contributed by atoms with Gasteiger partial charge in [-0.05, 0) is 43.3 Å². The topological polar surface area (TPSA) is 70.2 Å². The Balaban J connectivity index is 1.76. The SMILES string of the molecule is CCOc1ccc(-c2noc(-c3cn(C)c4ccccc4c3=O)n2)cc1. The molecule has 6 heteroatoms. The average Bonchev–Trinajstić information content (AvgIpc) is 3.15. The van der Waals surface area contributed by atoms with Crippen LogP contribution in [0.3, 0.4) is 0 Å². The number of fused-ring (bicyclic) bond motifs is 1. The molecule has 0 spiro atoms. The summed E-state index contributed by atoms with van der Waals surface area (Å²) in [7, 11) is 1.88. The van der Waals surface area contributed by atoms with Crippen LogP contribution < -0.4 is 10.2 Å². The Kier molecular flexibility index (Phi) is 4.01. The normalized spacial score (nSPS) is 11.0. The standard InChI is InChI=1S/C20H17N3O3/c1-3-25-14-10-8-13(9-11-14)19-21-20(26-22-19)16-12-23(2)17-7-5-4-6-15(17)18(16)24/h4-12H,3H2,1-2H3. The Morgan fingerprint density at radius 2 is 1.88 bits per heavy atom. The number of pyridine rings is 1. The molecule has 4 rings (SSSR count). The van der Waals surface area contributed by atoms with Crippen molar-refractivity contribution in [1.29, 1.82) is 0 Å². The monoisotopic (exact) mass is 347 g/mol. The Bertz CT molecular complexity index is 1130. The van der Waals surface area contributed by atoms with Crippen molar-refractivity contribution >= 4 is 10.9 Å². The van der Waals surface area contributed by atoms with E-state index in [0.29, 0.717) is 23.4 Å². The summed E-state index contributed by atoms with van der Waals surface area (Å²) in [5.41, 5.74) is 1.91. The maximum absolute atomic E-state index is 12.8. The van der Waals surface area contributed by atoms with Gasteiger partial charge < -0.3 is 13.8 Å². The molecule has 0 N–H and O–H groups in total. The second-order valence-corrected chi connectivity index (χ2v) is 5.88. The van der Waals surface area contributed by atoms with Gasteiger partial charge in [-0.15, -0.1) is 0 Å². The Morgan fingerprint density at radius 3 is 2.65 bits per heavy atom. The number of aromatic nitrogens is 3. The van der Waals surface area contributed by atoms with Crippen molar-refractivity contribution in [1.82, 2.24) is 14.7 Å². The largest absolute Gasteiger partial charge is 0.494 e. The average molecular weight is 347 g/mol. The fraction of sp³-hybridized carbons (Fsp3) is 0.150. The van der Waals surface area contributed by atoms with Crippen molar-refractivity contribution in [2.75, 3.05) is 6.61 Å². The Hall–Kier alpha value is -3.41. The predicted molar refractivity (Wildman–Crippen MR) is 99.1 cm³/mol. The first-order valence-corrected chi connectivity index (χ1v) is 8.33. The number of ether oxygens (including phenoxy) is 1. The van der Waals surface area contributed by atoms with Crippen LogP contribution in [0.1, 0.15) is 6.92 Å². The molecule has 0 aliphatic heterocycles. The molecule has 4 aromatic rings. The zero-order valence-electron chi connectivity index (χ0n) is 14.5. The van der Waals surface area contributed by atoms with Crippen LogP contribution in [-0.4, -0.2) is 21.3 Å². The van der Waals surface area contributed by atoms with Gasteiger partial charge in [-0.1, -0.05) is 17.3 Å². The molecule has 0 atom stereocenters. The predicted octanol–water partition coefficient (Wildman–Crippen LogP) is 3.65.